The molecule has 50 heavy (non-hydrogen) atoms. The van der Waals surface area contributed by atoms with Crippen molar-refractivity contribution < 1.29 is 4.42 Å². The van der Waals surface area contributed by atoms with Crippen LogP contribution in [0.2, 0.25) is 0 Å². The molecule has 10 rings (SSSR count). The number of furan rings is 1. The Balaban J connectivity index is 1.16. The first-order valence-electron chi connectivity index (χ1n) is 17.1. The minimum absolute atomic E-state index is 0.875. The van der Waals surface area contributed by atoms with E-state index in [2.05, 4.69) is 181 Å². The molecular weight excluding hydrogens is 607 g/mol. The number of hydrogen-bond acceptors (Lipinski definition) is 2. The highest BCUT2D eigenvalue weighted by molar-refractivity contribution is 6.15. The van der Waals surface area contributed by atoms with Gasteiger partial charge in [0.1, 0.15) is 11.2 Å². The van der Waals surface area contributed by atoms with Crippen LogP contribution in [0.3, 0.4) is 0 Å². The van der Waals surface area contributed by atoms with Crippen LogP contribution in [0.1, 0.15) is 0 Å². The van der Waals surface area contributed by atoms with E-state index >= 15 is 0 Å². The molecule has 0 amide bonds. The Morgan fingerprint density at radius 3 is 1.60 bits per heavy atom. The molecule has 0 unspecified atom stereocenters. The predicted molar refractivity (Wildman–Crippen MR) is 212 cm³/mol. The molecule has 0 aliphatic heterocycles. The Labute approximate surface area is 290 Å². The SMILES string of the molecule is c1ccc(-c2ccc(-c3ccc(N(c4ccc5c(c4)oc4ccccc45)c4cc5ccccc5c5ccccc45)cc3)c3ccccc23)cc1. The number of rotatable bonds is 5. The average molecular weight is 638 g/mol. The van der Waals surface area contributed by atoms with Crippen LogP contribution in [0.15, 0.2) is 192 Å². The summed E-state index contributed by atoms with van der Waals surface area (Å²) in [7, 11) is 0. The largest absolute Gasteiger partial charge is 0.456 e. The summed E-state index contributed by atoms with van der Waals surface area (Å²) >= 11 is 0. The van der Waals surface area contributed by atoms with Gasteiger partial charge < -0.3 is 9.32 Å². The molecule has 1 heterocycles. The van der Waals surface area contributed by atoms with E-state index < -0.39 is 0 Å². The summed E-state index contributed by atoms with van der Waals surface area (Å²) in [5.74, 6) is 0. The maximum atomic E-state index is 6.41. The van der Waals surface area contributed by atoms with Gasteiger partial charge in [0, 0.05) is 33.6 Å². The molecule has 0 atom stereocenters. The highest BCUT2D eigenvalue weighted by atomic mass is 16.3. The average Bonchev–Trinajstić information content (AvgIpc) is 3.56. The second-order valence-electron chi connectivity index (χ2n) is 12.9. The standard InChI is InChI=1S/C48H31NO/c1-2-12-32(13-3-1)38-28-29-39(41-17-7-6-16-40(38)41)33-22-24-35(25-23-33)49(36-26-27-45-44-20-10-11-21-47(44)50-48(45)31-36)46-30-34-14-4-5-15-37(34)42-18-8-9-19-43(42)46/h1-31H. The van der Waals surface area contributed by atoms with Gasteiger partial charge in [-0.25, -0.2) is 0 Å². The van der Waals surface area contributed by atoms with Crippen LogP contribution >= 0.6 is 0 Å². The lowest BCUT2D eigenvalue weighted by Gasteiger charge is -2.28. The summed E-state index contributed by atoms with van der Waals surface area (Å²) in [4.78, 5) is 2.38. The molecule has 0 N–H and O–H groups in total. The Morgan fingerprint density at radius 1 is 0.320 bits per heavy atom. The molecule has 0 saturated carbocycles. The van der Waals surface area contributed by atoms with Crippen LogP contribution < -0.4 is 4.90 Å². The van der Waals surface area contributed by atoms with Crippen molar-refractivity contribution in [3.63, 3.8) is 0 Å². The summed E-state index contributed by atoms with van der Waals surface area (Å²) < 4.78 is 6.41. The van der Waals surface area contributed by atoms with Crippen LogP contribution in [0.25, 0.3) is 76.5 Å². The number of nitrogens with zero attached hydrogens (tertiary/aromatic N) is 1. The third-order valence-corrected chi connectivity index (χ3v) is 10.1. The maximum Gasteiger partial charge on any atom is 0.137 e. The molecule has 2 nitrogen and oxygen atoms in total. The fraction of sp³-hybridized carbons (Fsp3) is 0. The predicted octanol–water partition coefficient (Wildman–Crippen LogP) is 13.8. The highest BCUT2D eigenvalue weighted by Crippen LogP contribution is 2.44. The first-order valence-corrected chi connectivity index (χ1v) is 17.1. The monoisotopic (exact) mass is 637 g/mol. The Kier molecular flexibility index (Phi) is 6.53. The van der Waals surface area contributed by atoms with Crippen molar-refractivity contribution in [2.75, 3.05) is 4.90 Å². The van der Waals surface area contributed by atoms with E-state index in [0.717, 1.165) is 39.0 Å². The van der Waals surface area contributed by atoms with Crippen molar-refractivity contribution in [2.24, 2.45) is 0 Å². The Hall–Kier alpha value is -6.64. The fourth-order valence-corrected chi connectivity index (χ4v) is 7.71. The van der Waals surface area contributed by atoms with Gasteiger partial charge in [0.15, 0.2) is 0 Å². The number of hydrogen-bond donors (Lipinski definition) is 0. The quantitative estimate of drug-likeness (QED) is 0.175. The number of fused-ring (bicyclic) bond motifs is 7. The second-order valence-corrected chi connectivity index (χ2v) is 12.9. The van der Waals surface area contributed by atoms with Crippen molar-refractivity contribution in [3.8, 4) is 22.3 Å². The lowest BCUT2D eigenvalue weighted by Crippen LogP contribution is -2.10. The Morgan fingerprint density at radius 2 is 0.860 bits per heavy atom. The zero-order chi connectivity index (χ0) is 33.0. The van der Waals surface area contributed by atoms with E-state index in [9.17, 15) is 0 Å². The van der Waals surface area contributed by atoms with Gasteiger partial charge in [-0.05, 0) is 85.6 Å². The maximum absolute atomic E-state index is 6.41. The van der Waals surface area contributed by atoms with Crippen molar-refractivity contribution in [3.05, 3.63) is 188 Å². The van der Waals surface area contributed by atoms with Gasteiger partial charge >= 0.3 is 0 Å². The van der Waals surface area contributed by atoms with E-state index in [-0.39, 0.29) is 0 Å². The molecule has 1 aromatic heterocycles. The van der Waals surface area contributed by atoms with Gasteiger partial charge in [-0.2, -0.15) is 0 Å². The van der Waals surface area contributed by atoms with Crippen LogP contribution in [-0.2, 0) is 0 Å². The molecule has 0 aliphatic rings. The van der Waals surface area contributed by atoms with Gasteiger partial charge in [-0.3, -0.25) is 0 Å². The first kappa shape index (κ1) is 28.4. The van der Waals surface area contributed by atoms with Crippen LogP contribution in [0.5, 0.6) is 0 Å². The Bertz CT molecular complexity index is 2870. The molecule has 234 valence electrons. The summed E-state index contributed by atoms with van der Waals surface area (Å²) in [6.07, 6.45) is 0. The summed E-state index contributed by atoms with van der Waals surface area (Å²) in [6, 6.07) is 67.5. The smallest absolute Gasteiger partial charge is 0.137 e. The highest BCUT2D eigenvalue weighted by Gasteiger charge is 2.19. The number of benzene rings is 9. The molecule has 0 saturated heterocycles. The minimum atomic E-state index is 0.875. The molecule has 0 bridgehead atoms. The summed E-state index contributed by atoms with van der Waals surface area (Å²) in [5, 5.41) is 9.64. The van der Waals surface area contributed by atoms with Crippen molar-refractivity contribution in [1.82, 2.24) is 0 Å². The second kappa shape index (κ2) is 11.5. The lowest BCUT2D eigenvalue weighted by atomic mass is 9.92. The molecule has 9 aromatic carbocycles. The summed E-state index contributed by atoms with van der Waals surface area (Å²) in [5.41, 5.74) is 9.90. The lowest BCUT2D eigenvalue weighted by molar-refractivity contribution is 0.669. The van der Waals surface area contributed by atoms with Gasteiger partial charge in [0.25, 0.3) is 0 Å². The van der Waals surface area contributed by atoms with Crippen molar-refractivity contribution in [1.29, 1.82) is 0 Å². The molecular formula is C48H31NO. The topological polar surface area (TPSA) is 16.4 Å². The fourth-order valence-electron chi connectivity index (χ4n) is 7.71. The zero-order valence-electron chi connectivity index (χ0n) is 27.3. The van der Waals surface area contributed by atoms with Crippen LogP contribution in [-0.4, -0.2) is 0 Å². The van der Waals surface area contributed by atoms with Gasteiger partial charge in [0.05, 0.1) is 5.69 Å². The van der Waals surface area contributed by atoms with Gasteiger partial charge in [0.2, 0.25) is 0 Å². The summed E-state index contributed by atoms with van der Waals surface area (Å²) in [6.45, 7) is 0. The molecule has 10 aromatic rings. The normalized spacial score (nSPS) is 11.6. The third kappa shape index (κ3) is 4.57. The molecule has 2 heteroatoms. The molecule has 0 radical (unpaired) electrons. The van der Waals surface area contributed by atoms with E-state index in [1.165, 1.54) is 54.6 Å². The van der Waals surface area contributed by atoms with Gasteiger partial charge in [-0.1, -0.05) is 146 Å². The third-order valence-electron chi connectivity index (χ3n) is 10.1. The first-order chi connectivity index (χ1) is 24.8. The van der Waals surface area contributed by atoms with Crippen molar-refractivity contribution >= 4 is 71.3 Å². The minimum Gasteiger partial charge on any atom is -0.456 e. The van der Waals surface area contributed by atoms with E-state index in [1.54, 1.807) is 0 Å². The van der Waals surface area contributed by atoms with Crippen molar-refractivity contribution in [2.45, 2.75) is 0 Å². The number of anilines is 3. The molecule has 0 spiro atoms. The molecule has 0 fully saturated rings. The number of para-hydroxylation sites is 1. The zero-order valence-corrected chi connectivity index (χ0v) is 27.3. The van der Waals surface area contributed by atoms with E-state index in [0.29, 0.717) is 0 Å². The van der Waals surface area contributed by atoms with E-state index in [1.807, 2.05) is 12.1 Å². The van der Waals surface area contributed by atoms with E-state index in [4.69, 9.17) is 4.42 Å². The van der Waals surface area contributed by atoms with Crippen LogP contribution in [0.4, 0.5) is 17.1 Å². The molecule has 0 aliphatic carbocycles. The van der Waals surface area contributed by atoms with Crippen LogP contribution in [0, 0.1) is 0 Å². The van der Waals surface area contributed by atoms with Gasteiger partial charge in [-0.15, -0.1) is 0 Å².